The summed E-state index contributed by atoms with van der Waals surface area (Å²) in [5, 5.41) is 3.24. The molecule has 1 aliphatic rings. The summed E-state index contributed by atoms with van der Waals surface area (Å²) in [6, 6.07) is 9.00. The van der Waals surface area contributed by atoms with Crippen molar-refractivity contribution in [1.29, 1.82) is 0 Å². The Balaban J connectivity index is 1.78. The second-order valence-electron chi connectivity index (χ2n) is 7.05. The molecule has 1 fully saturated rings. The van der Waals surface area contributed by atoms with E-state index in [9.17, 15) is 13.2 Å². The van der Waals surface area contributed by atoms with Gasteiger partial charge in [0.05, 0.1) is 26.6 Å². The fraction of sp³-hybridized carbons (Fsp3) is 0.350. The number of ether oxygens (including phenoxy) is 1. The van der Waals surface area contributed by atoms with Crippen LogP contribution in [-0.4, -0.2) is 38.8 Å². The predicted molar refractivity (Wildman–Crippen MR) is 115 cm³/mol. The highest BCUT2D eigenvalue weighted by atomic mass is 35.5. The minimum absolute atomic E-state index is 0.0182. The fourth-order valence-electron chi connectivity index (χ4n) is 3.11. The number of amides is 1. The maximum atomic E-state index is 12.7. The number of nitrogens with one attached hydrogen (secondary N) is 1. The molecular formula is C20H22Cl2N2O4S. The normalized spacial score (nSPS) is 14.9. The number of halogens is 2. The molecule has 0 saturated heterocycles. The van der Waals surface area contributed by atoms with E-state index < -0.39 is 15.9 Å². The molecule has 1 aliphatic carbocycles. The van der Waals surface area contributed by atoms with Crippen LogP contribution in [0.25, 0.3) is 0 Å². The first-order valence-electron chi connectivity index (χ1n) is 9.18. The molecule has 1 N–H and O–H groups in total. The van der Waals surface area contributed by atoms with Crippen molar-refractivity contribution >= 4 is 44.8 Å². The number of hydrogen-bond acceptors (Lipinski definition) is 4. The Hall–Kier alpha value is -1.80. The zero-order valence-electron chi connectivity index (χ0n) is 16.1. The van der Waals surface area contributed by atoms with Gasteiger partial charge in [-0.2, -0.15) is 0 Å². The van der Waals surface area contributed by atoms with Crippen LogP contribution in [0.3, 0.4) is 0 Å². The van der Waals surface area contributed by atoms with Gasteiger partial charge in [0.25, 0.3) is 5.91 Å². The smallest absolute Gasteiger partial charge is 0.257 e. The van der Waals surface area contributed by atoms with Gasteiger partial charge in [0, 0.05) is 19.8 Å². The highest BCUT2D eigenvalue weighted by Gasteiger charge is 2.21. The van der Waals surface area contributed by atoms with E-state index in [2.05, 4.69) is 5.32 Å². The number of hydrogen-bond donors (Lipinski definition) is 1. The Labute approximate surface area is 180 Å². The van der Waals surface area contributed by atoms with Gasteiger partial charge in [-0.3, -0.25) is 4.79 Å². The van der Waals surface area contributed by atoms with Gasteiger partial charge in [-0.25, -0.2) is 12.7 Å². The van der Waals surface area contributed by atoms with Crippen molar-refractivity contribution in [3.8, 4) is 5.75 Å². The molecule has 0 spiro atoms. The molecule has 0 unspecified atom stereocenters. The van der Waals surface area contributed by atoms with Gasteiger partial charge in [-0.15, -0.1) is 0 Å². The highest BCUT2D eigenvalue weighted by Crippen LogP contribution is 2.32. The Morgan fingerprint density at radius 2 is 1.76 bits per heavy atom. The molecule has 1 amide bonds. The van der Waals surface area contributed by atoms with Gasteiger partial charge in [0.2, 0.25) is 10.0 Å². The lowest BCUT2D eigenvalue weighted by atomic mass is 10.2. The first kappa shape index (κ1) is 21.9. The van der Waals surface area contributed by atoms with Crippen molar-refractivity contribution in [3.05, 3.63) is 52.0 Å². The summed E-state index contributed by atoms with van der Waals surface area (Å²) in [6.45, 7) is 0. The summed E-state index contributed by atoms with van der Waals surface area (Å²) in [5.41, 5.74) is 0.507. The summed E-state index contributed by atoms with van der Waals surface area (Å²) in [7, 11) is -0.854. The third kappa shape index (κ3) is 5.04. The molecule has 9 heteroatoms. The third-order valence-corrected chi connectivity index (χ3v) is 7.18. The number of carbonyl (C=O) groups is 1. The van der Waals surface area contributed by atoms with Gasteiger partial charge >= 0.3 is 0 Å². The van der Waals surface area contributed by atoms with Crippen LogP contribution >= 0.6 is 23.2 Å². The Bertz CT molecular complexity index is 1020. The topological polar surface area (TPSA) is 75.7 Å². The summed E-state index contributed by atoms with van der Waals surface area (Å²) < 4.78 is 31.6. The van der Waals surface area contributed by atoms with Gasteiger partial charge < -0.3 is 10.1 Å². The lowest BCUT2D eigenvalue weighted by Crippen LogP contribution is -2.23. The average molecular weight is 457 g/mol. The number of nitrogens with zero attached hydrogens (tertiary/aromatic N) is 1. The number of sulfonamides is 1. The lowest BCUT2D eigenvalue weighted by molar-refractivity contribution is 0.102. The number of benzene rings is 2. The van der Waals surface area contributed by atoms with E-state index >= 15 is 0 Å². The summed E-state index contributed by atoms with van der Waals surface area (Å²) in [6.07, 6.45) is 4.51. The van der Waals surface area contributed by atoms with E-state index in [1.807, 2.05) is 0 Å². The Kier molecular flexibility index (Phi) is 6.73. The standard InChI is InChI=1S/C20H22Cl2N2O4S/c1-24(2)29(26,27)15-8-9-17(21)16(12-15)20(25)23-13-7-10-19(18(22)11-13)28-14-5-3-4-6-14/h7-12,14H,3-6H2,1-2H3,(H,23,25). The molecule has 3 rings (SSSR count). The SMILES string of the molecule is CN(C)S(=O)(=O)c1ccc(Cl)c(C(=O)Nc2ccc(OC3CCCC3)c(Cl)c2)c1. The van der Waals surface area contributed by atoms with Crippen LogP contribution < -0.4 is 10.1 Å². The molecular weight excluding hydrogens is 435 g/mol. The van der Waals surface area contributed by atoms with E-state index in [1.54, 1.807) is 18.2 Å². The van der Waals surface area contributed by atoms with Crippen molar-refractivity contribution in [2.75, 3.05) is 19.4 Å². The molecule has 0 atom stereocenters. The molecule has 1 saturated carbocycles. The average Bonchev–Trinajstić information content (AvgIpc) is 3.17. The van der Waals surface area contributed by atoms with Crippen LogP contribution in [0.5, 0.6) is 5.75 Å². The first-order chi connectivity index (χ1) is 13.7. The van der Waals surface area contributed by atoms with Gasteiger partial charge in [-0.05, 0) is 62.1 Å². The van der Waals surface area contributed by atoms with Gasteiger partial charge in [0.15, 0.2) is 0 Å². The molecule has 6 nitrogen and oxygen atoms in total. The minimum atomic E-state index is -3.69. The van der Waals surface area contributed by atoms with Crippen LogP contribution in [0, 0.1) is 0 Å². The van der Waals surface area contributed by atoms with Crippen LogP contribution in [0.1, 0.15) is 36.0 Å². The van der Waals surface area contributed by atoms with Crippen LogP contribution in [-0.2, 0) is 10.0 Å². The molecule has 156 valence electrons. The van der Waals surface area contributed by atoms with E-state index in [0.29, 0.717) is 16.5 Å². The second kappa shape index (κ2) is 8.92. The molecule has 0 heterocycles. The molecule has 2 aromatic rings. The molecule has 2 aromatic carbocycles. The molecule has 0 radical (unpaired) electrons. The molecule has 0 aromatic heterocycles. The van der Waals surface area contributed by atoms with Crippen molar-refractivity contribution in [2.45, 2.75) is 36.7 Å². The van der Waals surface area contributed by atoms with Crippen molar-refractivity contribution in [2.24, 2.45) is 0 Å². The number of carbonyl (C=O) groups excluding carboxylic acids is 1. The Morgan fingerprint density at radius 1 is 1.07 bits per heavy atom. The van der Waals surface area contributed by atoms with E-state index in [-0.39, 0.29) is 21.6 Å². The Morgan fingerprint density at radius 3 is 2.38 bits per heavy atom. The summed E-state index contributed by atoms with van der Waals surface area (Å²) >= 11 is 12.4. The second-order valence-corrected chi connectivity index (χ2v) is 10.0. The zero-order chi connectivity index (χ0) is 21.2. The quantitative estimate of drug-likeness (QED) is 0.675. The fourth-order valence-corrected chi connectivity index (χ4v) is 4.46. The predicted octanol–water partition coefficient (Wildman–Crippen LogP) is 4.82. The van der Waals surface area contributed by atoms with Crippen molar-refractivity contribution in [1.82, 2.24) is 4.31 Å². The maximum Gasteiger partial charge on any atom is 0.257 e. The van der Waals surface area contributed by atoms with Crippen LogP contribution in [0.4, 0.5) is 5.69 Å². The summed E-state index contributed by atoms with van der Waals surface area (Å²) in [4.78, 5) is 12.7. The van der Waals surface area contributed by atoms with Gasteiger partial charge in [-0.1, -0.05) is 23.2 Å². The third-order valence-electron chi connectivity index (χ3n) is 4.75. The lowest BCUT2D eigenvalue weighted by Gasteiger charge is -2.16. The first-order valence-corrected chi connectivity index (χ1v) is 11.4. The van der Waals surface area contributed by atoms with Crippen molar-refractivity contribution < 1.29 is 17.9 Å². The maximum absolute atomic E-state index is 12.7. The van der Waals surface area contributed by atoms with E-state index in [0.717, 1.165) is 30.0 Å². The van der Waals surface area contributed by atoms with Crippen LogP contribution in [0.2, 0.25) is 10.0 Å². The molecule has 0 aliphatic heterocycles. The zero-order valence-corrected chi connectivity index (χ0v) is 18.4. The monoisotopic (exact) mass is 456 g/mol. The summed E-state index contributed by atoms with van der Waals surface area (Å²) in [5.74, 6) is 0.0417. The van der Waals surface area contributed by atoms with Gasteiger partial charge in [0.1, 0.15) is 5.75 Å². The molecule has 0 bridgehead atoms. The number of rotatable bonds is 6. The van der Waals surface area contributed by atoms with Crippen LogP contribution in [0.15, 0.2) is 41.3 Å². The van der Waals surface area contributed by atoms with E-state index in [4.69, 9.17) is 27.9 Å². The largest absolute Gasteiger partial charge is 0.489 e. The number of anilines is 1. The van der Waals surface area contributed by atoms with Crippen molar-refractivity contribution in [3.63, 3.8) is 0 Å². The highest BCUT2D eigenvalue weighted by molar-refractivity contribution is 7.89. The minimum Gasteiger partial charge on any atom is -0.489 e. The van der Waals surface area contributed by atoms with E-state index in [1.165, 1.54) is 32.3 Å². The molecule has 29 heavy (non-hydrogen) atoms.